The third kappa shape index (κ3) is 3.51. The van der Waals surface area contributed by atoms with Gasteiger partial charge in [0, 0.05) is 7.11 Å². The van der Waals surface area contributed by atoms with E-state index < -0.39 is 10.0 Å². The monoisotopic (exact) mass is 281 g/mol. The summed E-state index contributed by atoms with van der Waals surface area (Å²) >= 11 is 0. The molecule has 0 saturated heterocycles. The highest BCUT2D eigenvalue weighted by Crippen LogP contribution is 2.18. The first-order valence-electron chi connectivity index (χ1n) is 5.75. The Morgan fingerprint density at radius 3 is 2.53 bits per heavy atom. The number of ether oxygens (including phenoxy) is 1. The molecule has 0 fully saturated rings. The molecule has 102 valence electrons. The van der Waals surface area contributed by atoms with Gasteiger partial charge in [-0.05, 0) is 22.9 Å². The zero-order chi connectivity index (χ0) is 13.7. The molecule has 0 unspecified atom stereocenters. The number of hydrogen-bond donors (Lipinski definition) is 1. The molecule has 0 aliphatic heterocycles. The highest BCUT2D eigenvalue weighted by molar-refractivity contribution is 7.89. The average Bonchev–Trinajstić information content (AvgIpc) is 2.43. The Morgan fingerprint density at radius 2 is 1.79 bits per heavy atom. The van der Waals surface area contributed by atoms with Crippen LogP contribution in [0.25, 0.3) is 10.8 Å². The van der Waals surface area contributed by atoms with Crippen LogP contribution in [-0.4, -0.2) is 28.7 Å². The van der Waals surface area contributed by atoms with Crippen molar-refractivity contribution in [3.63, 3.8) is 0 Å². The Balaban J connectivity index is 2.18. The fourth-order valence-electron chi connectivity index (χ4n) is 1.63. The van der Waals surface area contributed by atoms with Gasteiger partial charge < -0.3 is 4.74 Å². The lowest BCUT2D eigenvalue weighted by Gasteiger charge is -2.07. The molecule has 6 heteroatoms. The van der Waals surface area contributed by atoms with Gasteiger partial charge in [0.1, 0.15) is 0 Å². The number of sulfonamides is 1. The van der Waals surface area contributed by atoms with Gasteiger partial charge in [-0.25, -0.2) is 8.42 Å². The summed E-state index contributed by atoms with van der Waals surface area (Å²) in [6.07, 6.45) is 0. The summed E-state index contributed by atoms with van der Waals surface area (Å²) in [5.74, 6) is 0. The number of fused-ring (bicyclic) bond motifs is 1. The molecule has 2 rings (SSSR count). The first-order valence-corrected chi connectivity index (χ1v) is 7.23. The van der Waals surface area contributed by atoms with Crippen molar-refractivity contribution in [2.24, 2.45) is 0 Å². The van der Waals surface area contributed by atoms with E-state index in [1.807, 2.05) is 24.3 Å². The number of nitrogens with one attached hydrogen (secondary N) is 1. The fourth-order valence-corrected chi connectivity index (χ4v) is 2.49. The minimum atomic E-state index is -3.66. The summed E-state index contributed by atoms with van der Waals surface area (Å²) in [6, 6.07) is 12.5. The SMILES string of the molecule is COCCONS(=O)(=O)c1ccc2ccccc2c1. The molecule has 0 amide bonds. The van der Waals surface area contributed by atoms with Crippen LogP contribution in [0.1, 0.15) is 0 Å². The average molecular weight is 281 g/mol. The molecule has 0 bridgehead atoms. The van der Waals surface area contributed by atoms with Crippen molar-refractivity contribution in [2.45, 2.75) is 4.90 Å². The smallest absolute Gasteiger partial charge is 0.262 e. The van der Waals surface area contributed by atoms with Gasteiger partial charge in [-0.2, -0.15) is 0 Å². The van der Waals surface area contributed by atoms with Crippen LogP contribution >= 0.6 is 0 Å². The van der Waals surface area contributed by atoms with Crippen molar-refractivity contribution in [1.82, 2.24) is 4.89 Å². The molecule has 5 nitrogen and oxygen atoms in total. The van der Waals surface area contributed by atoms with Crippen LogP contribution in [0.3, 0.4) is 0 Å². The molecule has 0 aliphatic carbocycles. The molecule has 0 saturated carbocycles. The van der Waals surface area contributed by atoms with Gasteiger partial charge in [0.25, 0.3) is 10.0 Å². The van der Waals surface area contributed by atoms with Gasteiger partial charge in [-0.3, -0.25) is 4.84 Å². The highest BCUT2D eigenvalue weighted by atomic mass is 32.2. The first-order chi connectivity index (χ1) is 9.13. The van der Waals surface area contributed by atoms with Crippen molar-refractivity contribution < 1.29 is 18.0 Å². The highest BCUT2D eigenvalue weighted by Gasteiger charge is 2.14. The summed E-state index contributed by atoms with van der Waals surface area (Å²) in [5, 5.41) is 1.85. The van der Waals surface area contributed by atoms with Crippen LogP contribution in [0.15, 0.2) is 47.4 Å². The number of methoxy groups -OCH3 is 1. The molecule has 0 atom stereocenters. The molecule has 0 aromatic heterocycles. The van der Waals surface area contributed by atoms with E-state index in [9.17, 15) is 8.42 Å². The molecule has 1 N–H and O–H groups in total. The van der Waals surface area contributed by atoms with Crippen molar-refractivity contribution in [2.75, 3.05) is 20.3 Å². The third-order valence-electron chi connectivity index (χ3n) is 2.59. The Kier molecular flexibility index (Phi) is 4.49. The topological polar surface area (TPSA) is 64.6 Å². The summed E-state index contributed by atoms with van der Waals surface area (Å²) < 4.78 is 28.7. The predicted molar refractivity (Wildman–Crippen MR) is 72.1 cm³/mol. The molecular weight excluding hydrogens is 266 g/mol. The normalized spacial score (nSPS) is 11.8. The van der Waals surface area contributed by atoms with E-state index in [1.165, 1.54) is 7.11 Å². The van der Waals surface area contributed by atoms with Gasteiger partial charge in [-0.1, -0.05) is 35.2 Å². The maximum atomic E-state index is 12.0. The van der Waals surface area contributed by atoms with Crippen LogP contribution < -0.4 is 4.89 Å². The zero-order valence-electron chi connectivity index (χ0n) is 10.5. The minimum Gasteiger partial charge on any atom is -0.382 e. The Morgan fingerprint density at radius 1 is 1.05 bits per heavy atom. The molecule has 2 aromatic rings. The van der Waals surface area contributed by atoms with Crippen LogP contribution in [0.4, 0.5) is 0 Å². The van der Waals surface area contributed by atoms with Crippen molar-refractivity contribution in [1.29, 1.82) is 0 Å². The van der Waals surface area contributed by atoms with E-state index in [0.29, 0.717) is 6.61 Å². The third-order valence-corrected chi connectivity index (χ3v) is 3.80. The fraction of sp³-hybridized carbons (Fsp3) is 0.231. The Bertz CT molecular complexity index is 654. The molecule has 19 heavy (non-hydrogen) atoms. The lowest BCUT2D eigenvalue weighted by Crippen LogP contribution is -2.25. The first kappa shape index (κ1) is 14.0. The maximum Gasteiger partial charge on any atom is 0.262 e. The second-order valence-corrected chi connectivity index (χ2v) is 5.58. The summed E-state index contributed by atoms with van der Waals surface area (Å²) in [5.41, 5.74) is 0. The van der Waals surface area contributed by atoms with Gasteiger partial charge >= 0.3 is 0 Å². The van der Waals surface area contributed by atoms with Gasteiger partial charge in [0.15, 0.2) is 0 Å². The van der Waals surface area contributed by atoms with Crippen LogP contribution in [0.5, 0.6) is 0 Å². The predicted octanol–water partition coefficient (Wildman–Crippen LogP) is 1.70. The minimum absolute atomic E-state index is 0.156. The molecular formula is C13H15NO4S. The van der Waals surface area contributed by atoms with Crippen LogP contribution in [-0.2, 0) is 19.6 Å². The van der Waals surface area contributed by atoms with Crippen LogP contribution in [0, 0.1) is 0 Å². The second-order valence-electron chi connectivity index (χ2n) is 3.94. The van der Waals surface area contributed by atoms with Gasteiger partial charge in [0.05, 0.1) is 18.1 Å². The van der Waals surface area contributed by atoms with E-state index in [4.69, 9.17) is 9.57 Å². The van der Waals surface area contributed by atoms with E-state index in [2.05, 4.69) is 4.89 Å². The zero-order valence-corrected chi connectivity index (χ0v) is 11.3. The standard InChI is InChI=1S/C13H15NO4S/c1-17-8-9-18-14-19(15,16)13-7-6-11-4-2-3-5-12(11)10-13/h2-7,10,14H,8-9H2,1H3. The summed E-state index contributed by atoms with van der Waals surface area (Å²) in [4.78, 5) is 7.08. The van der Waals surface area contributed by atoms with Crippen LogP contribution in [0.2, 0.25) is 0 Å². The molecule has 0 aliphatic rings. The molecule has 0 heterocycles. The second kappa shape index (κ2) is 6.12. The molecule has 2 aromatic carbocycles. The number of hydrogen-bond acceptors (Lipinski definition) is 4. The number of rotatable bonds is 6. The maximum absolute atomic E-state index is 12.0. The van der Waals surface area contributed by atoms with Crippen molar-refractivity contribution in [3.05, 3.63) is 42.5 Å². The van der Waals surface area contributed by atoms with E-state index >= 15 is 0 Å². The lowest BCUT2D eigenvalue weighted by atomic mass is 10.1. The van der Waals surface area contributed by atoms with Crippen molar-refractivity contribution >= 4 is 20.8 Å². The molecule has 0 spiro atoms. The van der Waals surface area contributed by atoms with E-state index in [1.54, 1.807) is 18.2 Å². The summed E-state index contributed by atoms with van der Waals surface area (Å²) in [7, 11) is -2.14. The lowest BCUT2D eigenvalue weighted by molar-refractivity contribution is 0.0438. The van der Waals surface area contributed by atoms with E-state index in [0.717, 1.165) is 10.8 Å². The van der Waals surface area contributed by atoms with Gasteiger partial charge in [-0.15, -0.1) is 0 Å². The quantitative estimate of drug-likeness (QED) is 0.646. The largest absolute Gasteiger partial charge is 0.382 e. The summed E-state index contributed by atoms with van der Waals surface area (Å²) in [6.45, 7) is 0.476. The van der Waals surface area contributed by atoms with Gasteiger partial charge in [0.2, 0.25) is 0 Å². The Hall–Kier alpha value is -1.47. The van der Waals surface area contributed by atoms with Crippen molar-refractivity contribution in [3.8, 4) is 0 Å². The Labute approximate surface area is 112 Å². The number of benzene rings is 2. The molecule has 0 radical (unpaired) electrons. The van der Waals surface area contributed by atoms with E-state index in [-0.39, 0.29) is 11.5 Å².